The smallest absolute Gasteiger partial charge is 0.191 e. The third kappa shape index (κ3) is 4.14. The van der Waals surface area contributed by atoms with Gasteiger partial charge in [-0.2, -0.15) is 0 Å². The second kappa shape index (κ2) is 7.56. The number of nitrogens with two attached hydrogens (primary N) is 1. The van der Waals surface area contributed by atoms with Crippen LogP contribution in [0.5, 0.6) is 0 Å². The summed E-state index contributed by atoms with van der Waals surface area (Å²) in [5, 5.41) is 0. The molecule has 0 aliphatic heterocycles. The number of hydrogen-bond acceptors (Lipinski definition) is 3. The predicted molar refractivity (Wildman–Crippen MR) is 79.1 cm³/mol. The van der Waals surface area contributed by atoms with E-state index < -0.39 is 12.7 Å². The Hall–Kier alpha value is -2.18. The van der Waals surface area contributed by atoms with E-state index >= 15 is 0 Å². The zero-order chi connectivity index (χ0) is 16.0. The predicted octanol–water partition coefficient (Wildman–Crippen LogP) is 1.17. The molecule has 1 aromatic heterocycles. The van der Waals surface area contributed by atoms with Crippen molar-refractivity contribution in [2.45, 2.75) is 25.9 Å². The number of aldehydes is 1. The monoisotopic (exact) mass is 296 g/mol. The minimum Gasteiger partial charge on any atom is -0.370 e. The van der Waals surface area contributed by atoms with Crippen LogP contribution in [-0.4, -0.2) is 48.3 Å². The molecule has 1 aromatic rings. The van der Waals surface area contributed by atoms with Crippen molar-refractivity contribution in [2.75, 3.05) is 20.8 Å². The number of halogens is 1. The highest BCUT2D eigenvalue weighted by Gasteiger charge is 2.18. The fraction of sp³-hybridized carbons (Fsp3) is 0.500. The van der Waals surface area contributed by atoms with Crippen molar-refractivity contribution in [1.29, 1.82) is 0 Å². The van der Waals surface area contributed by atoms with Crippen LogP contribution in [0.3, 0.4) is 0 Å². The molecule has 0 aromatic carbocycles. The van der Waals surface area contributed by atoms with Crippen LogP contribution in [0.4, 0.5) is 4.39 Å². The first kappa shape index (κ1) is 16.9. The van der Waals surface area contributed by atoms with Crippen LogP contribution in [0.15, 0.2) is 17.3 Å². The van der Waals surface area contributed by atoms with Gasteiger partial charge in [0.05, 0.1) is 12.2 Å². The highest BCUT2D eigenvalue weighted by molar-refractivity contribution is 5.95. The number of aryl methyl sites for hydroxylation is 1. The minimum atomic E-state index is -0.809. The molecule has 0 aliphatic carbocycles. The highest BCUT2D eigenvalue weighted by atomic mass is 19.1. The van der Waals surface area contributed by atoms with Gasteiger partial charge in [-0.25, -0.2) is 9.38 Å². The molecule has 0 radical (unpaired) electrons. The number of Topliss-reactive ketones (excluding diaryl/α,β-unsaturated/α-hetero) is 1. The van der Waals surface area contributed by atoms with E-state index in [1.54, 1.807) is 38.2 Å². The van der Waals surface area contributed by atoms with Crippen LogP contribution >= 0.6 is 0 Å². The van der Waals surface area contributed by atoms with Crippen molar-refractivity contribution >= 4 is 18.0 Å². The number of hydrogen-bond donors (Lipinski definition) is 1. The number of ketones is 1. The lowest BCUT2D eigenvalue weighted by Crippen LogP contribution is -2.31. The molecule has 0 bridgehead atoms. The molecule has 116 valence electrons. The number of rotatable bonds is 7. The van der Waals surface area contributed by atoms with Crippen molar-refractivity contribution in [2.24, 2.45) is 10.7 Å². The van der Waals surface area contributed by atoms with Gasteiger partial charge in [0.15, 0.2) is 11.7 Å². The largest absolute Gasteiger partial charge is 0.370 e. The van der Waals surface area contributed by atoms with Gasteiger partial charge in [-0.3, -0.25) is 4.79 Å². The summed E-state index contributed by atoms with van der Waals surface area (Å²) in [5.74, 6) is 0.0950. The van der Waals surface area contributed by atoms with Gasteiger partial charge in [0.2, 0.25) is 0 Å². The van der Waals surface area contributed by atoms with Crippen LogP contribution in [0, 0.1) is 0 Å². The van der Waals surface area contributed by atoms with E-state index in [4.69, 9.17) is 5.73 Å². The van der Waals surface area contributed by atoms with E-state index in [1.807, 2.05) is 0 Å². The average molecular weight is 296 g/mol. The quantitative estimate of drug-likeness (QED) is 0.354. The first-order valence-electron chi connectivity index (χ1n) is 6.69. The molecule has 1 unspecified atom stereocenters. The molecule has 7 heteroatoms. The zero-order valence-corrected chi connectivity index (χ0v) is 12.5. The number of carbonyl (C=O) groups is 2. The van der Waals surface area contributed by atoms with E-state index in [-0.39, 0.29) is 18.3 Å². The van der Waals surface area contributed by atoms with Crippen molar-refractivity contribution in [3.05, 3.63) is 23.5 Å². The Kier molecular flexibility index (Phi) is 6.08. The van der Waals surface area contributed by atoms with E-state index in [1.165, 1.54) is 4.57 Å². The van der Waals surface area contributed by atoms with Gasteiger partial charge in [-0.1, -0.05) is 6.92 Å². The molecule has 0 saturated heterocycles. The molecule has 0 saturated carbocycles. The topological polar surface area (TPSA) is 80.7 Å². The SMILES string of the molecule is CCC(=O)c1cc(C(C=O)N=C(N)N(C)C)cn1CCF. The maximum atomic E-state index is 12.6. The number of carbonyl (C=O) groups excluding carboxylic acids is 2. The molecule has 6 nitrogen and oxygen atoms in total. The lowest BCUT2D eigenvalue weighted by Gasteiger charge is -2.12. The Morgan fingerprint density at radius 2 is 2.24 bits per heavy atom. The summed E-state index contributed by atoms with van der Waals surface area (Å²) >= 11 is 0. The maximum absolute atomic E-state index is 12.6. The number of guanidine groups is 1. The fourth-order valence-corrected chi connectivity index (χ4v) is 1.83. The first-order chi connectivity index (χ1) is 9.94. The molecule has 21 heavy (non-hydrogen) atoms. The highest BCUT2D eigenvalue weighted by Crippen LogP contribution is 2.20. The molecule has 1 atom stereocenters. The second-order valence-electron chi connectivity index (χ2n) is 4.78. The van der Waals surface area contributed by atoms with E-state index in [0.29, 0.717) is 24.0 Å². The Balaban J connectivity index is 3.19. The Bertz CT molecular complexity index is 537. The lowest BCUT2D eigenvalue weighted by atomic mass is 10.1. The number of aromatic nitrogens is 1. The summed E-state index contributed by atoms with van der Waals surface area (Å²) in [7, 11) is 3.42. The van der Waals surface area contributed by atoms with Crippen LogP contribution < -0.4 is 5.73 Å². The molecule has 0 aliphatic rings. The van der Waals surface area contributed by atoms with Gasteiger partial charge < -0.3 is 20.0 Å². The summed E-state index contributed by atoms with van der Waals surface area (Å²) in [6.45, 7) is 1.21. The fourth-order valence-electron chi connectivity index (χ4n) is 1.83. The van der Waals surface area contributed by atoms with Crippen LogP contribution in [-0.2, 0) is 11.3 Å². The van der Waals surface area contributed by atoms with Crippen molar-refractivity contribution in [1.82, 2.24) is 9.47 Å². The minimum absolute atomic E-state index is 0.0690. The van der Waals surface area contributed by atoms with Gasteiger partial charge in [0.25, 0.3) is 0 Å². The standard InChI is InChI=1S/C14H21FN4O2/c1-4-13(21)12-7-10(8-19(12)6-5-15)11(9-20)17-14(16)18(2)3/h7-9,11H,4-6H2,1-3H3,(H2,16,17). The molecular weight excluding hydrogens is 275 g/mol. The summed E-state index contributed by atoms with van der Waals surface area (Å²) in [6.07, 6.45) is 2.53. The molecular formula is C14H21FN4O2. The molecule has 1 rings (SSSR count). The third-order valence-electron chi connectivity index (χ3n) is 3.05. The average Bonchev–Trinajstić information content (AvgIpc) is 2.87. The van der Waals surface area contributed by atoms with E-state index in [2.05, 4.69) is 4.99 Å². The third-order valence-corrected chi connectivity index (χ3v) is 3.05. The molecule has 0 fully saturated rings. The number of aliphatic imine (C=N–C) groups is 1. The van der Waals surface area contributed by atoms with Gasteiger partial charge >= 0.3 is 0 Å². The number of alkyl halides is 1. The van der Waals surface area contributed by atoms with Gasteiger partial charge in [0.1, 0.15) is 19.0 Å². The summed E-state index contributed by atoms with van der Waals surface area (Å²) in [5.41, 5.74) is 6.62. The normalized spacial score (nSPS) is 13.0. The number of nitrogens with zero attached hydrogens (tertiary/aromatic N) is 3. The maximum Gasteiger partial charge on any atom is 0.191 e. The summed E-state index contributed by atoms with van der Waals surface area (Å²) < 4.78 is 14.1. The summed E-state index contributed by atoms with van der Waals surface area (Å²) in [6, 6.07) is 0.768. The van der Waals surface area contributed by atoms with Crippen LogP contribution in [0.2, 0.25) is 0 Å². The van der Waals surface area contributed by atoms with Crippen molar-refractivity contribution in [3.8, 4) is 0 Å². The van der Waals surface area contributed by atoms with Gasteiger partial charge in [0, 0.05) is 32.3 Å². The zero-order valence-electron chi connectivity index (χ0n) is 12.5. The Morgan fingerprint density at radius 1 is 1.57 bits per heavy atom. The first-order valence-corrected chi connectivity index (χ1v) is 6.69. The molecule has 0 amide bonds. The molecule has 2 N–H and O–H groups in total. The lowest BCUT2D eigenvalue weighted by molar-refractivity contribution is -0.108. The Morgan fingerprint density at radius 3 is 2.71 bits per heavy atom. The molecule has 0 spiro atoms. The summed E-state index contributed by atoms with van der Waals surface area (Å²) in [4.78, 5) is 28.8. The second-order valence-corrected chi connectivity index (χ2v) is 4.78. The van der Waals surface area contributed by atoms with E-state index in [0.717, 1.165) is 0 Å². The Labute approximate surface area is 123 Å². The van der Waals surface area contributed by atoms with Gasteiger partial charge in [-0.05, 0) is 6.07 Å². The van der Waals surface area contributed by atoms with Crippen molar-refractivity contribution in [3.63, 3.8) is 0 Å². The van der Waals surface area contributed by atoms with E-state index in [9.17, 15) is 14.0 Å². The van der Waals surface area contributed by atoms with Crippen molar-refractivity contribution < 1.29 is 14.0 Å². The molecule has 1 heterocycles. The van der Waals surface area contributed by atoms with Gasteiger partial charge in [-0.15, -0.1) is 0 Å². The van der Waals surface area contributed by atoms with Crippen LogP contribution in [0.1, 0.15) is 35.4 Å². The van der Waals surface area contributed by atoms with Crippen LogP contribution in [0.25, 0.3) is 0 Å².